The zero-order valence-corrected chi connectivity index (χ0v) is 17.7. The van der Waals surface area contributed by atoms with E-state index >= 15 is 0 Å². The summed E-state index contributed by atoms with van der Waals surface area (Å²) < 4.78 is 0. The van der Waals surface area contributed by atoms with Crippen LogP contribution in [-0.2, 0) is 0 Å². The number of aromatic hydroxyl groups is 1. The molecule has 3 aromatic carbocycles. The fourth-order valence-electron chi connectivity index (χ4n) is 3.54. The number of para-hydroxylation sites is 1. The lowest BCUT2D eigenvalue weighted by Crippen LogP contribution is -2.28. The number of anilines is 1. The van der Waals surface area contributed by atoms with Crippen molar-refractivity contribution in [2.45, 2.75) is 19.4 Å². The maximum atomic E-state index is 11.9. The molecule has 0 fully saturated rings. The molecule has 162 valence electrons. The number of carbonyl (C=O) groups excluding carboxylic acids is 1. The number of amides is 1. The van der Waals surface area contributed by atoms with Crippen molar-refractivity contribution in [2.24, 2.45) is 11.5 Å². The highest BCUT2D eigenvalue weighted by molar-refractivity contribution is 6.00. The minimum atomic E-state index is -0.518. The molecule has 32 heavy (non-hydrogen) atoms. The van der Waals surface area contributed by atoms with Crippen molar-refractivity contribution in [1.29, 1.82) is 0 Å². The summed E-state index contributed by atoms with van der Waals surface area (Å²) in [6, 6.07) is 19.8. The second kappa shape index (κ2) is 9.03. The topological polar surface area (TPSA) is 127 Å². The second-order valence-electron chi connectivity index (χ2n) is 7.60. The van der Waals surface area contributed by atoms with Gasteiger partial charge in [0.15, 0.2) is 5.82 Å². The van der Waals surface area contributed by atoms with Gasteiger partial charge in [0.05, 0.1) is 11.1 Å². The van der Waals surface area contributed by atoms with Crippen molar-refractivity contribution in [2.75, 3.05) is 11.9 Å². The number of phenols is 1. The molecule has 1 aromatic heterocycles. The van der Waals surface area contributed by atoms with E-state index in [2.05, 4.69) is 10.3 Å². The Morgan fingerprint density at radius 3 is 2.56 bits per heavy atom. The summed E-state index contributed by atoms with van der Waals surface area (Å²) in [5.41, 5.74) is 14.6. The number of phenolic OH excluding ortho intramolecular Hbond substituents is 1. The number of rotatable bonds is 7. The number of nitrogens with two attached hydrogens (primary N) is 2. The molecule has 0 aliphatic heterocycles. The molecule has 4 aromatic rings. The number of benzene rings is 3. The molecule has 6 N–H and O–H groups in total. The average Bonchev–Trinajstić information content (AvgIpc) is 2.82. The number of aromatic nitrogens is 2. The molecule has 4 rings (SSSR count). The van der Waals surface area contributed by atoms with Crippen LogP contribution in [0.2, 0.25) is 0 Å². The SMILES string of the molecule is CC[C@H](N)CNc1nc(-c2cc(-c3ccccc3C(N)=O)ccc2O)nc2ccccc12. The lowest BCUT2D eigenvalue weighted by molar-refractivity contribution is 0.100. The average molecular weight is 428 g/mol. The first-order valence-electron chi connectivity index (χ1n) is 10.5. The molecule has 0 aliphatic carbocycles. The maximum Gasteiger partial charge on any atom is 0.249 e. The molecule has 0 unspecified atom stereocenters. The van der Waals surface area contributed by atoms with Gasteiger partial charge in [0.25, 0.3) is 0 Å². The van der Waals surface area contributed by atoms with Crippen LogP contribution in [0.5, 0.6) is 5.75 Å². The quantitative estimate of drug-likeness (QED) is 0.354. The van der Waals surface area contributed by atoms with Gasteiger partial charge >= 0.3 is 0 Å². The normalized spacial score (nSPS) is 11.9. The number of hydrogen-bond acceptors (Lipinski definition) is 6. The van der Waals surface area contributed by atoms with Crippen molar-refractivity contribution in [3.8, 4) is 28.3 Å². The first kappa shape index (κ1) is 21.3. The molecule has 7 nitrogen and oxygen atoms in total. The maximum absolute atomic E-state index is 11.9. The zero-order chi connectivity index (χ0) is 22.7. The van der Waals surface area contributed by atoms with Crippen LogP contribution in [0.3, 0.4) is 0 Å². The molecule has 1 atom stereocenters. The number of fused-ring (bicyclic) bond motifs is 1. The molecule has 0 aliphatic rings. The number of nitrogens with one attached hydrogen (secondary N) is 1. The largest absolute Gasteiger partial charge is 0.507 e. The van der Waals surface area contributed by atoms with Gasteiger partial charge in [0.2, 0.25) is 5.91 Å². The van der Waals surface area contributed by atoms with Crippen LogP contribution in [0.1, 0.15) is 23.7 Å². The predicted molar refractivity (Wildman–Crippen MR) is 127 cm³/mol. The van der Waals surface area contributed by atoms with Crippen LogP contribution in [0.4, 0.5) is 5.82 Å². The summed E-state index contributed by atoms with van der Waals surface area (Å²) in [6.07, 6.45) is 0.838. The lowest BCUT2D eigenvalue weighted by Gasteiger charge is -2.15. The summed E-state index contributed by atoms with van der Waals surface area (Å²) in [7, 11) is 0. The van der Waals surface area contributed by atoms with Gasteiger partial charge in [-0.1, -0.05) is 43.3 Å². The minimum Gasteiger partial charge on any atom is -0.507 e. The molecule has 0 saturated heterocycles. The summed E-state index contributed by atoms with van der Waals surface area (Å²) in [4.78, 5) is 21.3. The highest BCUT2D eigenvalue weighted by Gasteiger charge is 2.16. The molecule has 0 bridgehead atoms. The van der Waals surface area contributed by atoms with E-state index in [0.29, 0.717) is 34.9 Å². The van der Waals surface area contributed by atoms with Crippen molar-refractivity contribution in [1.82, 2.24) is 9.97 Å². The lowest BCUT2D eigenvalue weighted by atomic mass is 9.97. The summed E-state index contributed by atoms with van der Waals surface area (Å²) >= 11 is 0. The van der Waals surface area contributed by atoms with Crippen molar-refractivity contribution in [3.05, 3.63) is 72.3 Å². The van der Waals surface area contributed by atoms with Gasteiger partial charge in [-0.25, -0.2) is 9.97 Å². The van der Waals surface area contributed by atoms with Gasteiger partial charge in [-0.2, -0.15) is 0 Å². The Kier molecular flexibility index (Phi) is 6.00. The fraction of sp³-hybridized carbons (Fsp3) is 0.160. The molecule has 0 spiro atoms. The molecule has 1 amide bonds. The van der Waals surface area contributed by atoms with E-state index in [1.807, 2.05) is 43.3 Å². The number of carbonyl (C=O) groups is 1. The van der Waals surface area contributed by atoms with E-state index in [-0.39, 0.29) is 11.8 Å². The monoisotopic (exact) mass is 427 g/mol. The highest BCUT2D eigenvalue weighted by Crippen LogP contribution is 2.35. The van der Waals surface area contributed by atoms with E-state index in [1.165, 1.54) is 0 Å². The summed E-state index contributed by atoms with van der Waals surface area (Å²) in [6.45, 7) is 2.60. The Labute approximate surface area is 186 Å². The first-order chi connectivity index (χ1) is 15.5. The predicted octanol–water partition coefficient (Wildman–Crippen LogP) is 3.92. The van der Waals surface area contributed by atoms with Crippen LogP contribution in [0.25, 0.3) is 33.4 Å². The minimum absolute atomic E-state index is 0.00536. The van der Waals surface area contributed by atoms with Crippen LogP contribution in [0, 0.1) is 0 Å². The molecular formula is C25H25N5O2. The van der Waals surface area contributed by atoms with E-state index in [0.717, 1.165) is 22.9 Å². The van der Waals surface area contributed by atoms with E-state index in [4.69, 9.17) is 16.5 Å². The number of nitrogens with zero attached hydrogens (tertiary/aromatic N) is 2. The third-order valence-corrected chi connectivity index (χ3v) is 5.40. The first-order valence-corrected chi connectivity index (χ1v) is 10.5. The Balaban J connectivity index is 1.84. The molecular weight excluding hydrogens is 402 g/mol. The van der Waals surface area contributed by atoms with E-state index < -0.39 is 5.91 Å². The molecule has 1 heterocycles. The van der Waals surface area contributed by atoms with Crippen molar-refractivity contribution >= 4 is 22.6 Å². The van der Waals surface area contributed by atoms with Crippen molar-refractivity contribution < 1.29 is 9.90 Å². The van der Waals surface area contributed by atoms with Gasteiger partial charge in [0.1, 0.15) is 11.6 Å². The third-order valence-electron chi connectivity index (χ3n) is 5.40. The Morgan fingerprint density at radius 1 is 1.03 bits per heavy atom. The fourth-order valence-corrected chi connectivity index (χ4v) is 3.54. The van der Waals surface area contributed by atoms with Gasteiger partial charge in [0, 0.05) is 23.5 Å². The van der Waals surface area contributed by atoms with Crippen LogP contribution in [0.15, 0.2) is 66.7 Å². The van der Waals surface area contributed by atoms with Crippen LogP contribution >= 0.6 is 0 Å². The Morgan fingerprint density at radius 2 is 1.78 bits per heavy atom. The van der Waals surface area contributed by atoms with E-state index in [9.17, 15) is 9.90 Å². The number of primary amides is 1. The van der Waals surface area contributed by atoms with Gasteiger partial charge in [-0.15, -0.1) is 0 Å². The smallest absolute Gasteiger partial charge is 0.249 e. The summed E-state index contributed by atoms with van der Waals surface area (Å²) in [5, 5.41) is 14.8. The highest BCUT2D eigenvalue weighted by atomic mass is 16.3. The Hall–Kier alpha value is -3.97. The van der Waals surface area contributed by atoms with Gasteiger partial charge in [-0.05, 0) is 47.9 Å². The van der Waals surface area contributed by atoms with Crippen molar-refractivity contribution in [3.63, 3.8) is 0 Å². The standard InChI is InChI=1S/C25H25N5O2/c1-2-16(26)14-28-24-19-9-5-6-10-21(19)29-25(30-24)20-13-15(11-12-22(20)31)17-7-3-4-8-18(17)23(27)32/h3-13,16,31H,2,14,26H2,1H3,(H2,27,32)(H,28,29,30)/t16-/m0/s1. The van der Waals surface area contributed by atoms with E-state index in [1.54, 1.807) is 30.3 Å². The van der Waals surface area contributed by atoms with Gasteiger partial charge in [-0.3, -0.25) is 4.79 Å². The van der Waals surface area contributed by atoms with Crippen LogP contribution in [-0.4, -0.2) is 33.6 Å². The third kappa shape index (κ3) is 4.24. The second-order valence-corrected chi connectivity index (χ2v) is 7.60. The molecule has 0 radical (unpaired) electrons. The summed E-state index contributed by atoms with van der Waals surface area (Å²) in [5.74, 6) is 0.539. The Bertz CT molecular complexity index is 1290. The number of hydrogen-bond donors (Lipinski definition) is 4. The molecule has 7 heteroatoms. The van der Waals surface area contributed by atoms with Crippen LogP contribution < -0.4 is 16.8 Å². The zero-order valence-electron chi connectivity index (χ0n) is 17.7. The van der Waals surface area contributed by atoms with Gasteiger partial charge < -0.3 is 21.9 Å². The molecule has 0 saturated carbocycles.